The Hall–Kier alpha value is -2.23. The predicted octanol–water partition coefficient (Wildman–Crippen LogP) is 5.36. The highest BCUT2D eigenvalue weighted by Crippen LogP contribution is 2.48. The lowest BCUT2D eigenvalue weighted by Crippen LogP contribution is -2.46. The maximum Gasteiger partial charge on any atom is 0.257 e. The van der Waals surface area contributed by atoms with Gasteiger partial charge in [0.1, 0.15) is 11.9 Å². The lowest BCUT2D eigenvalue weighted by atomic mass is 10.0. The molecule has 0 aliphatic carbocycles. The van der Waals surface area contributed by atoms with Crippen LogP contribution >= 0.6 is 34.5 Å². The first-order valence-corrected chi connectivity index (χ1v) is 12.9. The largest absolute Gasteiger partial charge is 0.381 e. The molecule has 1 atom stereocenters. The number of aromatic nitrogens is 2. The zero-order valence-corrected chi connectivity index (χ0v) is 21.6. The number of nitrogens with zero attached hydrogens (tertiary/aromatic N) is 3. The summed E-state index contributed by atoms with van der Waals surface area (Å²) in [6.45, 7) is 5.27. The molecule has 1 amide bonds. The van der Waals surface area contributed by atoms with Crippen LogP contribution in [-0.4, -0.2) is 51.4 Å². The third-order valence-corrected chi connectivity index (χ3v) is 8.29. The van der Waals surface area contributed by atoms with Crippen LogP contribution in [0.4, 0.5) is 5.95 Å². The normalized spacial score (nSPS) is 18.5. The highest BCUT2D eigenvalue weighted by Gasteiger charge is 2.48. The minimum atomic E-state index is -1.11. The number of halogens is 2. The molecule has 0 bridgehead atoms. The summed E-state index contributed by atoms with van der Waals surface area (Å²) < 4.78 is 5.42. The Morgan fingerprint density at radius 3 is 2.77 bits per heavy atom. The van der Waals surface area contributed by atoms with Gasteiger partial charge in [-0.1, -0.05) is 35.3 Å². The van der Waals surface area contributed by atoms with E-state index in [2.05, 4.69) is 15.3 Å². The quantitative estimate of drug-likeness (QED) is 0.444. The number of aliphatic hydroxyl groups excluding tert-OH is 1. The third kappa shape index (κ3) is 4.78. The van der Waals surface area contributed by atoms with Crippen molar-refractivity contribution in [2.45, 2.75) is 44.5 Å². The number of ether oxygens (including phenoxy) is 1. The van der Waals surface area contributed by atoms with E-state index in [0.29, 0.717) is 40.5 Å². The van der Waals surface area contributed by atoms with Crippen LogP contribution in [0.5, 0.6) is 0 Å². The molecule has 2 N–H and O–H groups in total. The number of amides is 1. The van der Waals surface area contributed by atoms with Crippen molar-refractivity contribution in [3.05, 3.63) is 69.0 Å². The maximum atomic E-state index is 13.4. The van der Waals surface area contributed by atoms with Crippen molar-refractivity contribution in [2.24, 2.45) is 0 Å². The number of benzene rings is 1. The summed E-state index contributed by atoms with van der Waals surface area (Å²) in [5, 5.41) is 15.3. The van der Waals surface area contributed by atoms with Crippen LogP contribution in [0.1, 0.15) is 47.5 Å². The average Bonchev–Trinajstić information content (AvgIpc) is 3.34. The second-order valence-electron chi connectivity index (χ2n) is 9.14. The van der Waals surface area contributed by atoms with Gasteiger partial charge in [-0.15, -0.1) is 11.3 Å². The van der Waals surface area contributed by atoms with Gasteiger partial charge < -0.3 is 20.1 Å². The van der Waals surface area contributed by atoms with Crippen molar-refractivity contribution in [3.63, 3.8) is 0 Å². The number of nitrogens with one attached hydrogen (secondary N) is 1. The Bertz CT molecular complexity index is 1260. The van der Waals surface area contributed by atoms with Gasteiger partial charge in [-0.25, -0.2) is 9.97 Å². The van der Waals surface area contributed by atoms with Crippen molar-refractivity contribution in [1.29, 1.82) is 0 Å². The van der Waals surface area contributed by atoms with E-state index in [1.165, 1.54) is 16.2 Å². The number of fused-ring (bicyclic) bond motifs is 1. The minimum Gasteiger partial charge on any atom is -0.381 e. The van der Waals surface area contributed by atoms with Gasteiger partial charge in [-0.3, -0.25) is 4.79 Å². The Morgan fingerprint density at radius 2 is 2.06 bits per heavy atom. The SMILES string of the molecule is CC1(C)c2sc(-c3nc(NC4CCOCC4)ncc3Cl)cc2C(=O)N1[C@@H](O)[CH]c1cccc(Cl)c1. The van der Waals surface area contributed by atoms with E-state index in [1.54, 1.807) is 30.8 Å². The fourth-order valence-electron chi connectivity index (χ4n) is 4.56. The van der Waals surface area contributed by atoms with Gasteiger partial charge in [-0.05, 0) is 50.5 Å². The zero-order chi connectivity index (χ0) is 24.7. The first-order valence-electron chi connectivity index (χ1n) is 11.4. The molecular formula is C25H25Cl2N4O3S. The molecule has 0 unspecified atom stereocenters. The topological polar surface area (TPSA) is 87.6 Å². The molecule has 1 radical (unpaired) electrons. The standard InChI is InChI=1S/C25H25Cl2N4O3S/c1-25(2)22-17(23(33)31(25)20(32)11-14-4-3-5-15(26)10-14)12-19(35-22)21-18(27)13-28-24(30-21)29-16-6-8-34-9-7-16/h3-5,10-13,16,20,32H,6-9H2,1-2H3,(H,28,29,30)/t20-/m0/s1. The number of carbonyl (C=O) groups is 1. The lowest BCUT2D eigenvalue weighted by Gasteiger charge is -2.36. The first-order chi connectivity index (χ1) is 16.7. The van der Waals surface area contributed by atoms with E-state index >= 15 is 0 Å². The second kappa shape index (κ2) is 9.67. The van der Waals surface area contributed by atoms with Crippen LogP contribution in [0.3, 0.4) is 0 Å². The molecule has 5 rings (SSSR count). The zero-order valence-electron chi connectivity index (χ0n) is 19.3. The molecule has 1 fully saturated rings. The Labute approximate surface area is 218 Å². The Balaban J connectivity index is 1.40. The molecule has 1 saturated heterocycles. The van der Waals surface area contributed by atoms with Gasteiger partial charge in [0.2, 0.25) is 5.95 Å². The van der Waals surface area contributed by atoms with Gasteiger partial charge in [0.05, 0.1) is 27.2 Å². The van der Waals surface area contributed by atoms with E-state index in [4.69, 9.17) is 27.9 Å². The van der Waals surface area contributed by atoms with Crippen molar-refractivity contribution >= 4 is 46.4 Å². The fourth-order valence-corrected chi connectivity index (χ4v) is 6.26. The highest BCUT2D eigenvalue weighted by atomic mass is 35.5. The molecule has 2 aliphatic heterocycles. The molecule has 1 aromatic carbocycles. The summed E-state index contributed by atoms with van der Waals surface area (Å²) >= 11 is 14.0. The van der Waals surface area contributed by atoms with E-state index in [-0.39, 0.29) is 11.9 Å². The van der Waals surface area contributed by atoms with Crippen LogP contribution < -0.4 is 5.32 Å². The summed E-state index contributed by atoms with van der Waals surface area (Å²) in [6, 6.07) is 9.20. The van der Waals surface area contributed by atoms with Crippen LogP contribution in [-0.2, 0) is 10.3 Å². The Morgan fingerprint density at radius 1 is 1.29 bits per heavy atom. The number of rotatable bonds is 6. The van der Waals surface area contributed by atoms with Gasteiger partial charge in [0.15, 0.2) is 0 Å². The second-order valence-corrected chi connectivity index (χ2v) is 11.0. The molecule has 2 aromatic heterocycles. The van der Waals surface area contributed by atoms with Gasteiger partial charge in [0.25, 0.3) is 5.91 Å². The molecule has 0 spiro atoms. The van der Waals surface area contributed by atoms with Gasteiger partial charge >= 0.3 is 0 Å². The number of aliphatic hydroxyl groups is 1. The van der Waals surface area contributed by atoms with Crippen molar-refractivity contribution in [2.75, 3.05) is 18.5 Å². The Kier molecular flexibility index (Phi) is 6.76. The number of carbonyl (C=O) groups excluding carboxylic acids is 1. The van der Waals surface area contributed by atoms with Crippen LogP contribution in [0, 0.1) is 6.42 Å². The summed E-state index contributed by atoms with van der Waals surface area (Å²) in [4.78, 5) is 25.5. The average molecular weight is 532 g/mol. The number of thiophene rings is 1. The van der Waals surface area contributed by atoms with Crippen LogP contribution in [0.15, 0.2) is 36.5 Å². The van der Waals surface area contributed by atoms with Crippen molar-refractivity contribution < 1.29 is 14.6 Å². The summed E-state index contributed by atoms with van der Waals surface area (Å²) in [5.41, 5.74) is 1.13. The molecular weight excluding hydrogens is 507 g/mol. The van der Waals surface area contributed by atoms with Crippen LogP contribution in [0.25, 0.3) is 10.6 Å². The third-order valence-electron chi connectivity index (χ3n) is 6.33. The monoisotopic (exact) mass is 531 g/mol. The predicted molar refractivity (Wildman–Crippen MR) is 138 cm³/mol. The van der Waals surface area contributed by atoms with E-state index in [1.807, 2.05) is 26.0 Å². The first kappa shape index (κ1) is 24.5. The van der Waals surface area contributed by atoms with E-state index in [9.17, 15) is 9.90 Å². The molecule has 7 nitrogen and oxygen atoms in total. The minimum absolute atomic E-state index is 0.246. The van der Waals surface area contributed by atoms with Gasteiger partial charge in [0, 0.05) is 35.6 Å². The fraction of sp³-hybridized carbons (Fsp3) is 0.360. The van der Waals surface area contributed by atoms with E-state index in [0.717, 1.165) is 28.2 Å². The maximum absolute atomic E-state index is 13.4. The smallest absolute Gasteiger partial charge is 0.257 e. The highest BCUT2D eigenvalue weighted by molar-refractivity contribution is 7.16. The van der Waals surface area contributed by atoms with Crippen molar-refractivity contribution in [1.82, 2.24) is 14.9 Å². The van der Waals surface area contributed by atoms with Crippen LogP contribution in [0.2, 0.25) is 10.0 Å². The molecule has 0 saturated carbocycles. The number of hydrogen-bond acceptors (Lipinski definition) is 7. The van der Waals surface area contributed by atoms with E-state index < -0.39 is 11.8 Å². The summed E-state index contributed by atoms with van der Waals surface area (Å²) in [6.07, 6.45) is 3.87. The number of anilines is 1. The molecule has 183 valence electrons. The molecule has 4 heterocycles. The summed E-state index contributed by atoms with van der Waals surface area (Å²) in [5.74, 6) is 0.257. The molecule has 3 aromatic rings. The molecule has 10 heteroatoms. The summed E-state index contributed by atoms with van der Waals surface area (Å²) in [7, 11) is 0. The lowest BCUT2D eigenvalue weighted by molar-refractivity contribution is -0.0116. The molecule has 2 aliphatic rings. The molecule has 35 heavy (non-hydrogen) atoms. The van der Waals surface area contributed by atoms with Gasteiger partial charge in [-0.2, -0.15) is 0 Å². The van der Waals surface area contributed by atoms with Crippen molar-refractivity contribution in [3.8, 4) is 10.6 Å². The number of hydrogen-bond donors (Lipinski definition) is 2.